The van der Waals surface area contributed by atoms with E-state index in [0.29, 0.717) is 32.5 Å². The Morgan fingerprint density at radius 2 is 1.96 bits per heavy atom. The summed E-state index contributed by atoms with van der Waals surface area (Å²) < 4.78 is 25.1. The van der Waals surface area contributed by atoms with Gasteiger partial charge < -0.3 is 9.80 Å². The van der Waals surface area contributed by atoms with E-state index >= 15 is 0 Å². The van der Waals surface area contributed by atoms with E-state index in [4.69, 9.17) is 0 Å². The number of aromatic nitrogens is 2. The Morgan fingerprint density at radius 1 is 1.30 bits per heavy atom. The Bertz CT molecular complexity index is 617. The van der Waals surface area contributed by atoms with Gasteiger partial charge in [-0.05, 0) is 18.9 Å². The van der Waals surface area contributed by atoms with E-state index in [0.717, 1.165) is 0 Å². The molecule has 8 heteroatoms. The highest BCUT2D eigenvalue weighted by Crippen LogP contribution is 2.31. The number of hydrogen-bond acceptors (Lipinski definition) is 5. The third-order valence-electron chi connectivity index (χ3n) is 4.59. The molecule has 1 fully saturated rings. The number of sulfone groups is 1. The van der Waals surface area contributed by atoms with Crippen LogP contribution in [0, 0.1) is 0 Å². The van der Waals surface area contributed by atoms with Gasteiger partial charge in [0.15, 0.2) is 9.84 Å². The molecular formula is C15H26N4O3S. The van der Waals surface area contributed by atoms with E-state index in [9.17, 15) is 13.2 Å². The lowest BCUT2D eigenvalue weighted by Gasteiger charge is -2.41. The summed E-state index contributed by atoms with van der Waals surface area (Å²) in [6.45, 7) is 3.59. The molecule has 0 radical (unpaired) electrons. The summed E-state index contributed by atoms with van der Waals surface area (Å²) in [6, 6.07) is 1.82. The second kappa shape index (κ2) is 7.00. The Morgan fingerprint density at radius 3 is 2.43 bits per heavy atom. The van der Waals surface area contributed by atoms with Gasteiger partial charge in [-0.15, -0.1) is 0 Å². The molecule has 0 saturated carbocycles. The van der Waals surface area contributed by atoms with E-state index in [-0.39, 0.29) is 17.4 Å². The summed E-state index contributed by atoms with van der Waals surface area (Å²) >= 11 is 0. The van der Waals surface area contributed by atoms with Gasteiger partial charge in [0.25, 0.3) is 0 Å². The van der Waals surface area contributed by atoms with Crippen molar-refractivity contribution >= 4 is 15.7 Å². The summed E-state index contributed by atoms with van der Waals surface area (Å²) in [5.74, 6) is 0.402. The van der Waals surface area contributed by atoms with E-state index in [1.807, 2.05) is 12.3 Å². The molecule has 7 nitrogen and oxygen atoms in total. The van der Waals surface area contributed by atoms with Crippen LogP contribution in [-0.2, 0) is 20.2 Å². The van der Waals surface area contributed by atoms with Crippen molar-refractivity contribution in [2.75, 3.05) is 45.2 Å². The van der Waals surface area contributed by atoms with Crippen molar-refractivity contribution in [3.8, 4) is 0 Å². The second-order valence-electron chi connectivity index (χ2n) is 6.26. The number of carbonyl (C=O) groups is 1. The molecule has 0 spiro atoms. The fourth-order valence-corrected chi connectivity index (χ4v) is 3.86. The highest BCUT2D eigenvalue weighted by molar-refractivity contribution is 7.91. The molecule has 1 aliphatic rings. The summed E-state index contributed by atoms with van der Waals surface area (Å²) in [6.07, 6.45) is 4.79. The molecule has 2 heterocycles. The largest absolute Gasteiger partial charge is 0.347 e. The van der Waals surface area contributed by atoms with Crippen molar-refractivity contribution in [1.82, 2.24) is 19.6 Å². The van der Waals surface area contributed by atoms with Crippen LogP contribution in [0.2, 0.25) is 0 Å². The SMILES string of the molecule is CCS(=O)(=O)CCN1CCC(C(=O)N(C)C)(n2cccn2)CC1. The summed E-state index contributed by atoms with van der Waals surface area (Å²) in [4.78, 5) is 16.5. The molecule has 0 N–H and O–H groups in total. The van der Waals surface area contributed by atoms with Gasteiger partial charge in [0.1, 0.15) is 5.54 Å². The lowest BCUT2D eigenvalue weighted by Crippen LogP contribution is -2.55. The molecular weight excluding hydrogens is 316 g/mol. The minimum Gasteiger partial charge on any atom is -0.347 e. The van der Waals surface area contributed by atoms with Crippen molar-refractivity contribution in [3.63, 3.8) is 0 Å². The van der Waals surface area contributed by atoms with Crippen molar-refractivity contribution in [3.05, 3.63) is 18.5 Å². The van der Waals surface area contributed by atoms with Crippen molar-refractivity contribution in [1.29, 1.82) is 0 Å². The van der Waals surface area contributed by atoms with Crippen LogP contribution in [0.15, 0.2) is 18.5 Å². The first kappa shape index (κ1) is 17.9. The van der Waals surface area contributed by atoms with E-state index in [2.05, 4.69) is 10.00 Å². The molecule has 23 heavy (non-hydrogen) atoms. The normalized spacial score (nSPS) is 18.7. The number of nitrogens with zero attached hydrogens (tertiary/aromatic N) is 4. The fraction of sp³-hybridized carbons (Fsp3) is 0.733. The van der Waals surface area contributed by atoms with Crippen LogP contribution in [0.25, 0.3) is 0 Å². The monoisotopic (exact) mass is 342 g/mol. The minimum absolute atomic E-state index is 0.0435. The molecule has 0 atom stereocenters. The number of likely N-dealkylation sites (tertiary alicyclic amines) is 1. The third kappa shape index (κ3) is 3.92. The number of piperidine rings is 1. The van der Waals surface area contributed by atoms with Gasteiger partial charge in [-0.3, -0.25) is 9.48 Å². The minimum atomic E-state index is -2.95. The van der Waals surface area contributed by atoms with Crippen molar-refractivity contribution < 1.29 is 13.2 Å². The average Bonchev–Trinajstić information content (AvgIpc) is 3.07. The number of rotatable bonds is 6. The quantitative estimate of drug-likeness (QED) is 0.738. The summed E-state index contributed by atoms with van der Waals surface area (Å²) in [5.41, 5.74) is -0.660. The molecule has 0 aromatic carbocycles. The van der Waals surface area contributed by atoms with Crippen LogP contribution in [0.5, 0.6) is 0 Å². The van der Waals surface area contributed by atoms with Crippen molar-refractivity contribution in [2.24, 2.45) is 0 Å². The molecule has 0 aliphatic carbocycles. The highest BCUT2D eigenvalue weighted by Gasteiger charge is 2.44. The Hall–Kier alpha value is -1.41. The predicted molar refractivity (Wildman–Crippen MR) is 88.9 cm³/mol. The predicted octanol–water partition coefficient (Wildman–Crippen LogP) is 0.197. The Labute approximate surface area is 138 Å². The maximum absolute atomic E-state index is 12.7. The van der Waals surface area contributed by atoms with Gasteiger partial charge in [0, 0.05) is 51.9 Å². The molecule has 1 saturated heterocycles. The van der Waals surface area contributed by atoms with Gasteiger partial charge in [-0.1, -0.05) is 6.92 Å². The van der Waals surface area contributed by atoms with E-state index < -0.39 is 15.4 Å². The third-order valence-corrected chi connectivity index (χ3v) is 6.27. The summed E-state index contributed by atoms with van der Waals surface area (Å²) in [5, 5.41) is 4.29. The molecule has 2 rings (SSSR count). The molecule has 1 aromatic rings. The molecule has 0 bridgehead atoms. The van der Waals surface area contributed by atoms with E-state index in [1.54, 1.807) is 36.8 Å². The first-order valence-electron chi connectivity index (χ1n) is 7.95. The van der Waals surface area contributed by atoms with Crippen LogP contribution >= 0.6 is 0 Å². The smallest absolute Gasteiger partial charge is 0.250 e. The topological polar surface area (TPSA) is 75.5 Å². The Kier molecular flexibility index (Phi) is 5.46. The fourth-order valence-electron chi connectivity index (χ4n) is 3.04. The first-order valence-corrected chi connectivity index (χ1v) is 9.77. The van der Waals surface area contributed by atoms with Crippen LogP contribution in [-0.4, -0.2) is 79.1 Å². The number of hydrogen-bond donors (Lipinski definition) is 0. The van der Waals surface area contributed by atoms with E-state index in [1.165, 1.54) is 0 Å². The lowest BCUT2D eigenvalue weighted by atomic mass is 9.86. The molecule has 0 unspecified atom stereocenters. The Balaban J connectivity index is 2.07. The molecule has 1 amide bonds. The maximum Gasteiger partial charge on any atom is 0.250 e. The zero-order valence-corrected chi connectivity index (χ0v) is 14.9. The van der Waals surface area contributed by atoms with Gasteiger partial charge in [0.05, 0.1) is 5.75 Å². The van der Waals surface area contributed by atoms with Crippen LogP contribution in [0.3, 0.4) is 0 Å². The second-order valence-corrected chi connectivity index (χ2v) is 8.73. The van der Waals surface area contributed by atoms with Crippen LogP contribution in [0.1, 0.15) is 19.8 Å². The van der Waals surface area contributed by atoms with Crippen LogP contribution in [0.4, 0.5) is 0 Å². The zero-order valence-electron chi connectivity index (χ0n) is 14.1. The number of amides is 1. The molecule has 1 aromatic heterocycles. The first-order chi connectivity index (χ1) is 10.8. The van der Waals surface area contributed by atoms with Gasteiger partial charge in [0.2, 0.25) is 5.91 Å². The highest BCUT2D eigenvalue weighted by atomic mass is 32.2. The van der Waals surface area contributed by atoms with Crippen LogP contribution < -0.4 is 0 Å². The van der Waals surface area contributed by atoms with Gasteiger partial charge in [-0.25, -0.2) is 8.42 Å². The number of likely N-dealkylation sites (N-methyl/N-ethyl adjacent to an activating group) is 1. The maximum atomic E-state index is 12.7. The molecule has 1 aliphatic heterocycles. The average molecular weight is 342 g/mol. The van der Waals surface area contributed by atoms with Gasteiger partial charge in [-0.2, -0.15) is 5.10 Å². The molecule has 130 valence electrons. The summed E-state index contributed by atoms with van der Waals surface area (Å²) in [7, 11) is 0.560. The standard InChI is InChI=1S/C15H26N4O3S/c1-4-23(21,22)13-12-18-10-6-15(7-11-18,14(20)17(2)3)19-9-5-8-16-19/h5,8-9H,4,6-7,10-13H2,1-3H3. The zero-order chi connectivity index (χ0) is 17.1. The number of carbonyl (C=O) groups excluding carboxylic acids is 1. The lowest BCUT2D eigenvalue weighted by molar-refractivity contribution is -0.141. The van der Waals surface area contributed by atoms with Crippen molar-refractivity contribution in [2.45, 2.75) is 25.3 Å². The van der Waals surface area contributed by atoms with Gasteiger partial charge >= 0.3 is 0 Å².